The molecule has 1 aromatic carbocycles. The number of rotatable bonds is 5. The van der Waals surface area contributed by atoms with E-state index in [-0.39, 0.29) is 0 Å². The minimum Gasteiger partial charge on any atom is -0.495 e. The topological polar surface area (TPSA) is 37.0 Å². The Balaban J connectivity index is 2.37. The molecular formula is C16H24N2O. The fourth-order valence-corrected chi connectivity index (χ4v) is 2.55. The molecule has 1 heterocycles. The molecule has 0 saturated carbocycles. The van der Waals surface area contributed by atoms with Gasteiger partial charge in [0.1, 0.15) is 5.75 Å². The number of hydrogen-bond donors (Lipinski definition) is 2. The van der Waals surface area contributed by atoms with Crippen LogP contribution in [0.25, 0.3) is 10.9 Å². The van der Waals surface area contributed by atoms with Crippen LogP contribution in [0.4, 0.5) is 0 Å². The molecular weight excluding hydrogens is 236 g/mol. The maximum Gasteiger partial charge on any atom is 0.143 e. The van der Waals surface area contributed by atoms with Crippen LogP contribution in [-0.4, -0.2) is 24.7 Å². The highest BCUT2D eigenvalue weighted by atomic mass is 16.5. The Hall–Kier alpha value is -1.48. The Morgan fingerprint density at radius 2 is 2.00 bits per heavy atom. The van der Waals surface area contributed by atoms with Crippen molar-refractivity contribution in [2.24, 2.45) is 0 Å². The molecule has 2 N–H and O–H groups in total. The van der Waals surface area contributed by atoms with Crippen molar-refractivity contribution in [3.05, 3.63) is 29.0 Å². The van der Waals surface area contributed by atoms with Gasteiger partial charge in [-0.1, -0.05) is 13.8 Å². The zero-order chi connectivity index (χ0) is 14.0. The van der Waals surface area contributed by atoms with Crippen LogP contribution < -0.4 is 10.1 Å². The fourth-order valence-electron chi connectivity index (χ4n) is 2.55. The van der Waals surface area contributed by atoms with Crippen molar-refractivity contribution < 1.29 is 4.74 Å². The summed E-state index contributed by atoms with van der Waals surface area (Å²) in [5.74, 6) is 0.932. The first-order valence-electron chi connectivity index (χ1n) is 6.92. The van der Waals surface area contributed by atoms with Crippen molar-refractivity contribution in [2.75, 3.05) is 13.7 Å². The largest absolute Gasteiger partial charge is 0.495 e. The van der Waals surface area contributed by atoms with E-state index in [1.807, 2.05) is 0 Å². The lowest BCUT2D eigenvalue weighted by atomic mass is 10.1. The van der Waals surface area contributed by atoms with Gasteiger partial charge in [-0.2, -0.15) is 0 Å². The summed E-state index contributed by atoms with van der Waals surface area (Å²) in [7, 11) is 1.73. The molecule has 0 bridgehead atoms. The maximum absolute atomic E-state index is 5.47. The number of nitrogens with one attached hydrogen (secondary N) is 2. The van der Waals surface area contributed by atoms with E-state index in [1.165, 1.54) is 22.2 Å². The van der Waals surface area contributed by atoms with Crippen molar-refractivity contribution in [1.82, 2.24) is 10.3 Å². The van der Waals surface area contributed by atoms with Gasteiger partial charge in [-0.25, -0.2) is 0 Å². The molecule has 0 atom stereocenters. The zero-order valence-electron chi connectivity index (χ0n) is 12.6. The van der Waals surface area contributed by atoms with Crippen LogP contribution in [0.2, 0.25) is 0 Å². The van der Waals surface area contributed by atoms with Crippen molar-refractivity contribution in [2.45, 2.75) is 40.2 Å². The van der Waals surface area contributed by atoms with Crippen molar-refractivity contribution >= 4 is 10.9 Å². The van der Waals surface area contributed by atoms with E-state index >= 15 is 0 Å². The van der Waals surface area contributed by atoms with Gasteiger partial charge in [0.15, 0.2) is 0 Å². The molecule has 1 aromatic heterocycles. The number of ether oxygens (including phenoxy) is 1. The van der Waals surface area contributed by atoms with Crippen LogP contribution >= 0.6 is 0 Å². The Morgan fingerprint density at radius 3 is 2.63 bits per heavy atom. The number of benzene rings is 1. The maximum atomic E-state index is 5.47. The normalized spacial score (nSPS) is 11.5. The van der Waals surface area contributed by atoms with E-state index in [0.29, 0.717) is 6.04 Å². The summed E-state index contributed by atoms with van der Waals surface area (Å²) in [6.07, 6.45) is 1.04. The summed E-state index contributed by atoms with van der Waals surface area (Å²) >= 11 is 0. The summed E-state index contributed by atoms with van der Waals surface area (Å²) in [6.45, 7) is 9.60. The predicted molar refractivity (Wildman–Crippen MR) is 81.2 cm³/mol. The number of aromatic amines is 1. The first-order chi connectivity index (χ1) is 9.02. The number of H-pyrrole nitrogens is 1. The standard InChI is InChI=1S/C16H24N2O/c1-10(2)17-7-6-13-12(4)18-16-14(13)8-11(3)9-15(16)19-5/h8-10,17-18H,6-7H2,1-5H3. The minimum atomic E-state index is 0.529. The van der Waals surface area contributed by atoms with Crippen LogP contribution in [0.5, 0.6) is 5.75 Å². The lowest BCUT2D eigenvalue weighted by Crippen LogP contribution is -2.25. The predicted octanol–water partition coefficient (Wildman–Crippen LogP) is 3.33. The quantitative estimate of drug-likeness (QED) is 0.865. The SMILES string of the molecule is COc1cc(C)cc2c(CCNC(C)C)c(C)[nH]c12. The fraction of sp³-hybridized carbons (Fsp3) is 0.500. The highest BCUT2D eigenvalue weighted by Crippen LogP contribution is 2.31. The molecule has 0 aliphatic heterocycles. The van der Waals surface area contributed by atoms with Gasteiger partial charge < -0.3 is 15.0 Å². The van der Waals surface area contributed by atoms with Crippen LogP contribution in [0.15, 0.2) is 12.1 Å². The molecule has 0 saturated heterocycles. The van der Waals surface area contributed by atoms with Gasteiger partial charge in [0.2, 0.25) is 0 Å². The highest BCUT2D eigenvalue weighted by Gasteiger charge is 2.12. The number of fused-ring (bicyclic) bond motifs is 1. The first kappa shape index (κ1) is 13.9. The molecule has 2 rings (SSSR count). The molecule has 104 valence electrons. The number of aromatic nitrogens is 1. The summed E-state index contributed by atoms with van der Waals surface area (Å²) in [6, 6.07) is 4.85. The summed E-state index contributed by atoms with van der Waals surface area (Å²) < 4.78 is 5.47. The zero-order valence-corrected chi connectivity index (χ0v) is 12.6. The average Bonchev–Trinajstić information content (AvgIpc) is 2.65. The molecule has 0 aliphatic rings. The molecule has 0 spiro atoms. The lowest BCUT2D eigenvalue weighted by Gasteiger charge is -2.08. The number of aryl methyl sites for hydroxylation is 2. The third-order valence-electron chi connectivity index (χ3n) is 3.48. The Kier molecular flexibility index (Phi) is 4.15. The van der Waals surface area contributed by atoms with Gasteiger partial charge >= 0.3 is 0 Å². The van der Waals surface area contributed by atoms with Gasteiger partial charge in [-0.05, 0) is 50.1 Å². The lowest BCUT2D eigenvalue weighted by molar-refractivity contribution is 0.418. The summed E-state index contributed by atoms with van der Waals surface area (Å²) in [5, 5.41) is 4.77. The number of hydrogen-bond acceptors (Lipinski definition) is 2. The van der Waals surface area contributed by atoms with Gasteiger partial charge in [0, 0.05) is 17.1 Å². The molecule has 0 amide bonds. The molecule has 0 radical (unpaired) electrons. The Bertz CT molecular complexity index is 570. The van der Waals surface area contributed by atoms with Gasteiger partial charge in [0.25, 0.3) is 0 Å². The Labute approximate surface area is 115 Å². The molecule has 0 aliphatic carbocycles. The van der Waals surface area contributed by atoms with Crippen LogP contribution in [-0.2, 0) is 6.42 Å². The molecule has 19 heavy (non-hydrogen) atoms. The van der Waals surface area contributed by atoms with E-state index in [2.05, 4.69) is 50.1 Å². The summed E-state index contributed by atoms with van der Waals surface area (Å²) in [4.78, 5) is 3.46. The molecule has 2 aromatic rings. The average molecular weight is 260 g/mol. The minimum absolute atomic E-state index is 0.529. The van der Waals surface area contributed by atoms with Crippen molar-refractivity contribution in [3.8, 4) is 5.75 Å². The first-order valence-corrected chi connectivity index (χ1v) is 6.92. The van der Waals surface area contributed by atoms with Crippen LogP contribution in [0, 0.1) is 13.8 Å². The van der Waals surface area contributed by atoms with E-state index < -0.39 is 0 Å². The second-order valence-electron chi connectivity index (χ2n) is 5.48. The van der Waals surface area contributed by atoms with E-state index in [1.54, 1.807) is 7.11 Å². The second kappa shape index (κ2) is 5.66. The molecule has 0 unspecified atom stereocenters. The Morgan fingerprint density at radius 1 is 1.26 bits per heavy atom. The van der Waals surface area contributed by atoms with Crippen molar-refractivity contribution in [3.63, 3.8) is 0 Å². The molecule has 0 fully saturated rings. The second-order valence-corrected chi connectivity index (χ2v) is 5.48. The third-order valence-corrected chi connectivity index (χ3v) is 3.48. The van der Waals surface area contributed by atoms with Crippen molar-refractivity contribution in [1.29, 1.82) is 0 Å². The third kappa shape index (κ3) is 2.92. The van der Waals surface area contributed by atoms with E-state index in [9.17, 15) is 0 Å². The van der Waals surface area contributed by atoms with Gasteiger partial charge in [-0.3, -0.25) is 0 Å². The van der Waals surface area contributed by atoms with E-state index in [4.69, 9.17) is 4.74 Å². The molecule has 3 nitrogen and oxygen atoms in total. The monoisotopic (exact) mass is 260 g/mol. The van der Waals surface area contributed by atoms with Crippen LogP contribution in [0.1, 0.15) is 30.7 Å². The number of methoxy groups -OCH3 is 1. The van der Waals surface area contributed by atoms with Crippen LogP contribution in [0.3, 0.4) is 0 Å². The summed E-state index contributed by atoms with van der Waals surface area (Å²) in [5.41, 5.74) is 4.99. The van der Waals surface area contributed by atoms with Gasteiger partial charge in [0.05, 0.1) is 12.6 Å². The van der Waals surface area contributed by atoms with Gasteiger partial charge in [-0.15, -0.1) is 0 Å². The van der Waals surface area contributed by atoms with E-state index in [0.717, 1.165) is 24.2 Å². The molecule has 3 heteroatoms. The highest BCUT2D eigenvalue weighted by molar-refractivity contribution is 5.90. The smallest absolute Gasteiger partial charge is 0.143 e.